The molecule has 1 heterocycles. The molecular formula is C24H25N3O6S. The number of thioether (sulfide) groups is 1. The highest BCUT2D eigenvalue weighted by molar-refractivity contribution is 8.00. The van der Waals surface area contributed by atoms with Crippen molar-refractivity contribution in [3.8, 4) is 11.1 Å². The first-order chi connectivity index (χ1) is 16.4. The van der Waals surface area contributed by atoms with Crippen LogP contribution in [0.2, 0.25) is 0 Å². The predicted octanol–water partition coefficient (Wildman–Crippen LogP) is 2.02. The number of ether oxygens (including phenoxy) is 1. The van der Waals surface area contributed by atoms with Crippen molar-refractivity contribution in [1.29, 1.82) is 0 Å². The maximum Gasteiger partial charge on any atom is 0.407 e. The Hall–Kier alpha value is -3.53. The van der Waals surface area contributed by atoms with Gasteiger partial charge in [0.15, 0.2) is 0 Å². The summed E-state index contributed by atoms with van der Waals surface area (Å²) in [6.45, 7) is 1.16. The number of hydrogen-bond donors (Lipinski definition) is 3. The predicted molar refractivity (Wildman–Crippen MR) is 126 cm³/mol. The largest absolute Gasteiger partial charge is 0.480 e. The maximum absolute atomic E-state index is 12.4. The SMILES string of the molecule is CC1SCC(C(=O)O)N1C(=O)CNC(=O)CNC(=O)OCC1c2ccccc2-c2ccccc21. The van der Waals surface area contributed by atoms with Crippen LogP contribution in [-0.2, 0) is 19.1 Å². The third-order valence-electron chi connectivity index (χ3n) is 5.97. The zero-order chi connectivity index (χ0) is 24.2. The minimum absolute atomic E-state index is 0.0906. The second kappa shape index (κ2) is 10.2. The van der Waals surface area contributed by atoms with Gasteiger partial charge in [0.05, 0.1) is 11.9 Å². The molecule has 2 unspecified atom stereocenters. The Bertz CT molecular complexity index is 1080. The molecule has 0 saturated carbocycles. The van der Waals surface area contributed by atoms with Gasteiger partial charge in [0.1, 0.15) is 19.2 Å². The number of nitrogens with one attached hydrogen (secondary N) is 2. The second-order valence-electron chi connectivity index (χ2n) is 8.04. The topological polar surface area (TPSA) is 125 Å². The number of nitrogens with zero attached hydrogens (tertiary/aromatic N) is 1. The van der Waals surface area contributed by atoms with E-state index >= 15 is 0 Å². The lowest BCUT2D eigenvalue weighted by Crippen LogP contribution is -2.49. The summed E-state index contributed by atoms with van der Waals surface area (Å²) in [5, 5.41) is 13.8. The molecule has 10 heteroatoms. The molecule has 4 rings (SSSR count). The van der Waals surface area contributed by atoms with Gasteiger partial charge in [0, 0.05) is 11.7 Å². The number of benzene rings is 2. The van der Waals surface area contributed by atoms with Crippen LogP contribution < -0.4 is 10.6 Å². The van der Waals surface area contributed by atoms with Crippen molar-refractivity contribution in [3.63, 3.8) is 0 Å². The van der Waals surface area contributed by atoms with Gasteiger partial charge in [-0.05, 0) is 29.2 Å². The Balaban J connectivity index is 1.24. The lowest BCUT2D eigenvalue weighted by Gasteiger charge is -2.25. The fraction of sp³-hybridized carbons (Fsp3) is 0.333. The van der Waals surface area contributed by atoms with E-state index < -0.39 is 29.9 Å². The number of fused-ring (bicyclic) bond motifs is 3. The third-order valence-corrected chi connectivity index (χ3v) is 7.19. The van der Waals surface area contributed by atoms with Crippen molar-refractivity contribution < 1.29 is 29.0 Å². The van der Waals surface area contributed by atoms with Gasteiger partial charge in [-0.15, -0.1) is 11.8 Å². The summed E-state index contributed by atoms with van der Waals surface area (Å²) < 4.78 is 5.38. The van der Waals surface area contributed by atoms with E-state index in [-0.39, 0.29) is 31.0 Å². The van der Waals surface area contributed by atoms with Crippen LogP contribution in [0, 0.1) is 0 Å². The van der Waals surface area contributed by atoms with Crippen LogP contribution in [-0.4, -0.2) is 70.7 Å². The van der Waals surface area contributed by atoms with Gasteiger partial charge in [0.25, 0.3) is 0 Å². The Morgan fingerprint density at radius 3 is 2.24 bits per heavy atom. The molecule has 9 nitrogen and oxygen atoms in total. The molecule has 1 aliphatic heterocycles. The smallest absolute Gasteiger partial charge is 0.407 e. The number of alkyl carbamates (subject to hydrolysis) is 1. The van der Waals surface area contributed by atoms with E-state index in [4.69, 9.17) is 4.74 Å². The molecule has 3 amide bonds. The second-order valence-corrected chi connectivity index (χ2v) is 9.39. The number of hydrogen-bond acceptors (Lipinski definition) is 6. The van der Waals surface area contributed by atoms with Crippen molar-refractivity contribution >= 4 is 35.6 Å². The first-order valence-electron chi connectivity index (χ1n) is 10.9. The highest BCUT2D eigenvalue weighted by Crippen LogP contribution is 2.44. The summed E-state index contributed by atoms with van der Waals surface area (Å²) >= 11 is 1.36. The number of aliphatic carboxylic acids is 1. The van der Waals surface area contributed by atoms with E-state index in [0.717, 1.165) is 22.3 Å². The van der Waals surface area contributed by atoms with Crippen LogP contribution in [0.25, 0.3) is 11.1 Å². The molecule has 1 aliphatic carbocycles. The van der Waals surface area contributed by atoms with E-state index in [1.807, 2.05) is 48.5 Å². The minimum atomic E-state index is -1.08. The molecule has 0 radical (unpaired) electrons. The number of amides is 3. The number of carbonyl (C=O) groups excluding carboxylic acids is 3. The minimum Gasteiger partial charge on any atom is -0.480 e. The summed E-state index contributed by atoms with van der Waals surface area (Å²) in [5.74, 6) is -1.92. The molecular weight excluding hydrogens is 458 g/mol. The number of carbonyl (C=O) groups is 4. The van der Waals surface area contributed by atoms with Crippen molar-refractivity contribution in [2.45, 2.75) is 24.3 Å². The Labute approximate surface area is 200 Å². The van der Waals surface area contributed by atoms with Gasteiger partial charge in [-0.2, -0.15) is 0 Å². The van der Waals surface area contributed by atoms with Gasteiger partial charge in [-0.25, -0.2) is 9.59 Å². The van der Waals surface area contributed by atoms with E-state index in [9.17, 15) is 24.3 Å². The van der Waals surface area contributed by atoms with Gasteiger partial charge >= 0.3 is 12.1 Å². The molecule has 34 heavy (non-hydrogen) atoms. The van der Waals surface area contributed by atoms with E-state index in [0.29, 0.717) is 5.75 Å². The molecule has 1 fully saturated rings. The number of carboxylic acids is 1. The number of rotatable bonds is 7. The van der Waals surface area contributed by atoms with Crippen LogP contribution in [0.1, 0.15) is 24.0 Å². The van der Waals surface area contributed by atoms with E-state index in [1.54, 1.807) is 6.92 Å². The van der Waals surface area contributed by atoms with Gasteiger partial charge in [0.2, 0.25) is 11.8 Å². The van der Waals surface area contributed by atoms with Gasteiger partial charge in [-0.1, -0.05) is 48.5 Å². The van der Waals surface area contributed by atoms with Crippen molar-refractivity contribution in [2.75, 3.05) is 25.4 Å². The molecule has 178 valence electrons. The molecule has 0 spiro atoms. The summed E-state index contributed by atoms with van der Waals surface area (Å²) in [5.41, 5.74) is 4.41. The van der Waals surface area contributed by atoms with Crippen molar-refractivity contribution in [1.82, 2.24) is 15.5 Å². The molecule has 2 aromatic carbocycles. The highest BCUT2D eigenvalue weighted by Gasteiger charge is 2.39. The molecule has 2 aliphatic rings. The first-order valence-corrected chi connectivity index (χ1v) is 11.9. The van der Waals surface area contributed by atoms with Gasteiger partial charge < -0.3 is 25.4 Å². The highest BCUT2D eigenvalue weighted by atomic mass is 32.2. The van der Waals surface area contributed by atoms with E-state index in [2.05, 4.69) is 10.6 Å². The lowest BCUT2D eigenvalue weighted by molar-refractivity contribution is -0.148. The van der Waals surface area contributed by atoms with Crippen molar-refractivity contribution in [3.05, 3.63) is 59.7 Å². The molecule has 3 N–H and O–H groups in total. The Kier molecular flexibility index (Phi) is 7.06. The lowest BCUT2D eigenvalue weighted by atomic mass is 9.98. The van der Waals surface area contributed by atoms with Crippen LogP contribution in [0.15, 0.2) is 48.5 Å². The molecule has 1 saturated heterocycles. The fourth-order valence-corrected chi connectivity index (χ4v) is 5.53. The van der Waals surface area contributed by atoms with Crippen LogP contribution in [0.4, 0.5) is 4.79 Å². The number of carboxylic acid groups (broad SMARTS) is 1. The van der Waals surface area contributed by atoms with Crippen molar-refractivity contribution in [2.24, 2.45) is 0 Å². The van der Waals surface area contributed by atoms with E-state index in [1.165, 1.54) is 16.7 Å². The van der Waals surface area contributed by atoms with Gasteiger partial charge in [-0.3, -0.25) is 9.59 Å². The zero-order valence-corrected chi connectivity index (χ0v) is 19.3. The summed E-state index contributed by atoms with van der Waals surface area (Å²) in [7, 11) is 0. The quantitative estimate of drug-likeness (QED) is 0.550. The monoisotopic (exact) mass is 483 g/mol. The average Bonchev–Trinajstić information content (AvgIpc) is 3.38. The zero-order valence-electron chi connectivity index (χ0n) is 18.5. The molecule has 0 bridgehead atoms. The Morgan fingerprint density at radius 2 is 1.62 bits per heavy atom. The van der Waals surface area contributed by atoms with Crippen LogP contribution in [0.3, 0.4) is 0 Å². The molecule has 2 aromatic rings. The first kappa shape index (κ1) is 23.6. The van der Waals surface area contributed by atoms with Crippen LogP contribution >= 0.6 is 11.8 Å². The standard InChI is InChI=1S/C24H25N3O6S/c1-14-27(20(13-34-14)23(30)31)22(29)11-25-21(28)10-26-24(32)33-12-19-17-8-4-2-6-15(17)16-7-3-5-9-18(16)19/h2-9,14,19-20H,10-13H2,1H3,(H,25,28)(H,26,32)(H,30,31). The average molecular weight is 484 g/mol. The molecule has 0 aromatic heterocycles. The Morgan fingerprint density at radius 1 is 1.00 bits per heavy atom. The third kappa shape index (κ3) is 4.86. The van der Waals surface area contributed by atoms with Crippen LogP contribution in [0.5, 0.6) is 0 Å². The normalized spacial score (nSPS) is 18.7. The fourth-order valence-electron chi connectivity index (χ4n) is 4.34. The maximum atomic E-state index is 12.4. The summed E-state index contributed by atoms with van der Waals surface area (Å²) in [4.78, 5) is 49.2. The summed E-state index contributed by atoms with van der Waals surface area (Å²) in [6.07, 6.45) is -0.737. The molecule has 2 atom stereocenters. The summed E-state index contributed by atoms with van der Waals surface area (Å²) in [6, 6.07) is 15.0.